The topological polar surface area (TPSA) is 111 Å². The fourth-order valence-electron chi connectivity index (χ4n) is 2.96. The molecular weight excluding hydrogens is 440 g/mol. The van der Waals surface area contributed by atoms with Gasteiger partial charge >= 0.3 is 0 Å². The zero-order valence-corrected chi connectivity index (χ0v) is 18.5. The average Bonchev–Trinajstić information content (AvgIpc) is 3.31. The fourth-order valence-corrected chi connectivity index (χ4v) is 3.71. The number of aromatic nitrogens is 4. The molecule has 0 aliphatic rings. The van der Waals surface area contributed by atoms with Crippen LogP contribution in [0, 0.1) is 0 Å². The lowest BCUT2D eigenvalue weighted by atomic mass is 10.2. The number of carbonyl (C=O) groups is 2. The van der Waals surface area contributed by atoms with Crippen molar-refractivity contribution in [1.29, 1.82) is 0 Å². The van der Waals surface area contributed by atoms with Crippen molar-refractivity contribution < 1.29 is 14.3 Å². The fraction of sp³-hybridized carbons (Fsp3) is 0.0870. The van der Waals surface area contributed by atoms with Gasteiger partial charge in [0, 0.05) is 29.2 Å². The van der Waals surface area contributed by atoms with Crippen LogP contribution in [-0.2, 0) is 4.79 Å². The lowest BCUT2D eigenvalue weighted by Crippen LogP contribution is -2.42. The van der Waals surface area contributed by atoms with E-state index >= 15 is 0 Å². The van der Waals surface area contributed by atoms with Crippen LogP contribution in [0.3, 0.4) is 0 Å². The van der Waals surface area contributed by atoms with Crippen molar-refractivity contribution in [3.8, 4) is 22.8 Å². The van der Waals surface area contributed by atoms with Gasteiger partial charge in [0.1, 0.15) is 5.75 Å². The number of benzene rings is 2. The lowest BCUT2D eigenvalue weighted by Gasteiger charge is -2.10. The number of para-hydroxylation sites is 1. The summed E-state index contributed by atoms with van der Waals surface area (Å²) in [5, 5.41) is 9.12. The van der Waals surface area contributed by atoms with Crippen molar-refractivity contribution >= 4 is 23.6 Å². The zero-order valence-electron chi connectivity index (χ0n) is 17.6. The maximum atomic E-state index is 12.3. The first-order valence-corrected chi connectivity index (χ1v) is 10.9. The highest BCUT2D eigenvalue weighted by Crippen LogP contribution is 2.27. The third kappa shape index (κ3) is 5.36. The number of pyridine rings is 1. The number of carbonyl (C=O) groups excluding carboxylic acids is 2. The number of hydrazine groups is 1. The maximum absolute atomic E-state index is 12.3. The number of amides is 2. The van der Waals surface area contributed by atoms with Gasteiger partial charge in [-0.3, -0.25) is 30.0 Å². The summed E-state index contributed by atoms with van der Waals surface area (Å²) in [6.07, 6.45) is 3.40. The molecule has 2 N–H and O–H groups in total. The Kier molecular flexibility index (Phi) is 6.96. The molecule has 0 unspecified atom stereocenters. The summed E-state index contributed by atoms with van der Waals surface area (Å²) < 4.78 is 6.94. The number of hydrogen-bond donors (Lipinski definition) is 2. The smallest absolute Gasteiger partial charge is 0.269 e. The Labute approximate surface area is 194 Å². The molecule has 0 saturated carbocycles. The van der Waals surface area contributed by atoms with Crippen LogP contribution in [0.2, 0.25) is 0 Å². The van der Waals surface area contributed by atoms with Gasteiger partial charge in [0.05, 0.1) is 12.9 Å². The molecule has 0 saturated heterocycles. The number of nitrogens with zero attached hydrogens (tertiary/aromatic N) is 4. The first-order chi connectivity index (χ1) is 16.2. The summed E-state index contributed by atoms with van der Waals surface area (Å²) in [7, 11) is 1.55. The summed E-state index contributed by atoms with van der Waals surface area (Å²) >= 11 is 1.21. The Bertz CT molecular complexity index is 1230. The number of nitrogens with one attached hydrogen (secondary N) is 2. The van der Waals surface area contributed by atoms with E-state index < -0.39 is 5.91 Å². The number of ether oxygens (including phenoxy) is 1. The summed E-state index contributed by atoms with van der Waals surface area (Å²) in [6.45, 7) is 0. The molecule has 0 aliphatic heterocycles. The molecule has 0 radical (unpaired) electrons. The molecule has 33 heavy (non-hydrogen) atoms. The van der Waals surface area contributed by atoms with E-state index in [4.69, 9.17) is 4.74 Å². The van der Waals surface area contributed by atoms with E-state index in [1.54, 1.807) is 43.8 Å². The SMILES string of the molecule is COc1ccc(C(=O)NNC(=O)CSc2nnc(-c3cccnc3)n2-c2ccccc2)cc1. The van der Waals surface area contributed by atoms with Gasteiger partial charge in [0.25, 0.3) is 5.91 Å². The molecule has 2 aromatic carbocycles. The Balaban J connectivity index is 1.43. The van der Waals surface area contributed by atoms with Crippen molar-refractivity contribution in [2.24, 2.45) is 0 Å². The minimum atomic E-state index is -0.428. The van der Waals surface area contributed by atoms with Crippen LogP contribution in [0.5, 0.6) is 5.75 Å². The monoisotopic (exact) mass is 460 g/mol. The Morgan fingerprint density at radius 3 is 2.45 bits per heavy atom. The van der Waals surface area contributed by atoms with Crippen LogP contribution in [0.1, 0.15) is 10.4 Å². The van der Waals surface area contributed by atoms with E-state index in [0.717, 1.165) is 11.3 Å². The predicted octanol–water partition coefficient (Wildman–Crippen LogP) is 2.89. The van der Waals surface area contributed by atoms with Gasteiger partial charge < -0.3 is 4.74 Å². The number of thioether (sulfide) groups is 1. The third-order valence-electron chi connectivity index (χ3n) is 4.57. The van der Waals surface area contributed by atoms with Crippen molar-refractivity contribution in [3.63, 3.8) is 0 Å². The highest BCUT2D eigenvalue weighted by Gasteiger charge is 2.17. The standard InChI is InChI=1S/C23H20N6O3S/c1-32-19-11-9-16(10-12-19)22(31)27-25-20(30)15-33-23-28-26-21(17-6-5-13-24-14-17)29(23)18-7-3-2-4-8-18/h2-14H,15H2,1H3,(H,25,30)(H,27,31). The second-order valence-electron chi connectivity index (χ2n) is 6.74. The Hall–Kier alpha value is -4.18. The van der Waals surface area contributed by atoms with Gasteiger partial charge in [-0.1, -0.05) is 30.0 Å². The molecule has 2 heterocycles. The molecule has 10 heteroatoms. The normalized spacial score (nSPS) is 10.5. The summed E-state index contributed by atoms with van der Waals surface area (Å²) in [4.78, 5) is 28.7. The molecule has 0 bridgehead atoms. The Morgan fingerprint density at radius 1 is 0.970 bits per heavy atom. The van der Waals surface area contributed by atoms with Crippen molar-refractivity contribution in [1.82, 2.24) is 30.6 Å². The van der Waals surface area contributed by atoms with Crippen LogP contribution in [0.15, 0.2) is 84.3 Å². The van der Waals surface area contributed by atoms with Gasteiger partial charge in [0.15, 0.2) is 11.0 Å². The summed E-state index contributed by atoms with van der Waals surface area (Å²) in [6, 6.07) is 19.9. The highest BCUT2D eigenvalue weighted by atomic mass is 32.2. The van der Waals surface area contributed by atoms with Crippen molar-refractivity contribution in [2.75, 3.05) is 12.9 Å². The quantitative estimate of drug-likeness (QED) is 0.322. The number of methoxy groups -OCH3 is 1. The van der Waals surface area contributed by atoms with Crippen LogP contribution in [-0.4, -0.2) is 44.4 Å². The summed E-state index contributed by atoms with van der Waals surface area (Å²) in [5.41, 5.74) is 6.88. The molecule has 0 fully saturated rings. The third-order valence-corrected chi connectivity index (χ3v) is 5.50. The van der Waals surface area contributed by atoms with Crippen molar-refractivity contribution in [2.45, 2.75) is 5.16 Å². The Morgan fingerprint density at radius 2 is 1.76 bits per heavy atom. The van der Waals surface area contributed by atoms with Crippen LogP contribution < -0.4 is 15.6 Å². The minimum Gasteiger partial charge on any atom is -0.497 e. The molecule has 0 aliphatic carbocycles. The number of hydrogen-bond acceptors (Lipinski definition) is 7. The van der Waals surface area contributed by atoms with Crippen LogP contribution in [0.4, 0.5) is 0 Å². The van der Waals surface area contributed by atoms with E-state index in [2.05, 4.69) is 26.0 Å². The van der Waals surface area contributed by atoms with E-state index in [1.807, 2.05) is 47.0 Å². The first-order valence-electron chi connectivity index (χ1n) is 9.93. The van der Waals surface area contributed by atoms with Gasteiger partial charge in [-0.15, -0.1) is 10.2 Å². The molecule has 4 aromatic rings. The minimum absolute atomic E-state index is 0.0287. The average molecular weight is 461 g/mol. The molecule has 4 rings (SSSR count). The highest BCUT2D eigenvalue weighted by molar-refractivity contribution is 7.99. The molecule has 166 valence electrons. The predicted molar refractivity (Wildman–Crippen MR) is 124 cm³/mol. The van der Waals surface area contributed by atoms with Gasteiger partial charge in [-0.05, 0) is 48.5 Å². The van der Waals surface area contributed by atoms with Crippen molar-refractivity contribution in [3.05, 3.63) is 84.7 Å². The van der Waals surface area contributed by atoms with E-state index in [-0.39, 0.29) is 11.7 Å². The number of rotatable bonds is 7. The molecule has 9 nitrogen and oxygen atoms in total. The largest absolute Gasteiger partial charge is 0.497 e. The van der Waals surface area contributed by atoms with E-state index in [1.165, 1.54) is 11.8 Å². The van der Waals surface area contributed by atoms with Gasteiger partial charge in [0.2, 0.25) is 5.91 Å². The lowest BCUT2D eigenvalue weighted by molar-refractivity contribution is -0.119. The van der Waals surface area contributed by atoms with E-state index in [0.29, 0.717) is 22.3 Å². The zero-order chi connectivity index (χ0) is 23.0. The van der Waals surface area contributed by atoms with Gasteiger partial charge in [-0.2, -0.15) is 0 Å². The second-order valence-corrected chi connectivity index (χ2v) is 7.68. The summed E-state index contributed by atoms with van der Waals surface area (Å²) in [5.74, 6) is 0.473. The molecule has 0 spiro atoms. The molecule has 0 atom stereocenters. The molecule has 2 amide bonds. The van der Waals surface area contributed by atoms with Gasteiger partial charge in [-0.25, -0.2) is 0 Å². The van der Waals surface area contributed by atoms with Crippen LogP contribution >= 0.6 is 11.8 Å². The maximum Gasteiger partial charge on any atom is 0.269 e. The second kappa shape index (κ2) is 10.4. The first kappa shape index (κ1) is 22.0. The molecule has 2 aromatic heterocycles. The van der Waals surface area contributed by atoms with E-state index in [9.17, 15) is 9.59 Å². The van der Waals surface area contributed by atoms with Crippen LogP contribution in [0.25, 0.3) is 17.1 Å². The molecular formula is C23H20N6O3S.